The van der Waals surface area contributed by atoms with E-state index in [4.69, 9.17) is 10.1 Å². The zero-order valence-electron chi connectivity index (χ0n) is 10.4. The summed E-state index contributed by atoms with van der Waals surface area (Å²) in [5.41, 5.74) is 1.90. The molecule has 0 aliphatic carbocycles. The van der Waals surface area contributed by atoms with Gasteiger partial charge in [0.25, 0.3) is 0 Å². The normalized spacial score (nSPS) is 14.7. The summed E-state index contributed by atoms with van der Waals surface area (Å²) in [5, 5.41) is 26.4. The number of anilines is 1. The van der Waals surface area contributed by atoms with Gasteiger partial charge in [-0.2, -0.15) is 0 Å². The van der Waals surface area contributed by atoms with E-state index < -0.39 is 7.12 Å². The number of hydrogen-bond acceptors (Lipinski definition) is 5. The van der Waals surface area contributed by atoms with Crippen LogP contribution in [0.5, 0.6) is 0 Å². The monoisotopic (exact) mass is 248 g/mol. The molecule has 3 N–H and O–H groups in total. The van der Waals surface area contributed by atoms with Crippen LogP contribution in [0.4, 0.5) is 5.69 Å². The summed E-state index contributed by atoms with van der Waals surface area (Å²) in [6.45, 7) is 1.81. The van der Waals surface area contributed by atoms with Crippen LogP contribution in [0, 0.1) is 5.41 Å². The fourth-order valence-electron chi connectivity index (χ4n) is 2.25. The van der Waals surface area contributed by atoms with Crippen LogP contribution in [0.1, 0.15) is 18.4 Å². The minimum Gasteiger partial charge on any atom is -0.481 e. The van der Waals surface area contributed by atoms with Crippen molar-refractivity contribution in [2.24, 2.45) is 0 Å². The second-order valence-corrected chi connectivity index (χ2v) is 4.37. The molecule has 1 aromatic carbocycles. The number of ether oxygens (including phenoxy) is 1. The van der Waals surface area contributed by atoms with Crippen molar-refractivity contribution in [2.75, 3.05) is 25.1 Å². The minimum absolute atomic E-state index is 0.0782. The van der Waals surface area contributed by atoms with Gasteiger partial charge in [-0.1, -0.05) is 6.07 Å². The molecular weight excluding hydrogens is 231 g/mol. The van der Waals surface area contributed by atoms with Gasteiger partial charge in [-0.05, 0) is 25.0 Å². The highest BCUT2D eigenvalue weighted by molar-refractivity contribution is 6.60. The quantitative estimate of drug-likeness (QED) is 0.398. The maximum Gasteiger partial charge on any atom is 0.490 e. The fourth-order valence-corrected chi connectivity index (χ4v) is 2.25. The van der Waals surface area contributed by atoms with Gasteiger partial charge in [0.15, 0.2) is 0 Å². The maximum atomic E-state index is 9.40. The first kappa shape index (κ1) is 12.9. The van der Waals surface area contributed by atoms with Crippen molar-refractivity contribution in [3.05, 3.63) is 23.8 Å². The van der Waals surface area contributed by atoms with Gasteiger partial charge in [-0.3, -0.25) is 5.41 Å². The lowest BCUT2D eigenvalue weighted by atomic mass is 9.78. The van der Waals surface area contributed by atoms with Gasteiger partial charge in [-0.15, -0.1) is 0 Å². The number of hydrogen-bond donors (Lipinski definition) is 3. The Morgan fingerprint density at radius 1 is 1.33 bits per heavy atom. The van der Waals surface area contributed by atoms with Crippen molar-refractivity contribution in [3.63, 3.8) is 0 Å². The topological polar surface area (TPSA) is 76.8 Å². The van der Waals surface area contributed by atoms with E-state index in [0.717, 1.165) is 31.6 Å². The molecule has 0 amide bonds. The molecule has 1 aliphatic rings. The zero-order valence-corrected chi connectivity index (χ0v) is 10.4. The van der Waals surface area contributed by atoms with Crippen LogP contribution < -0.4 is 10.4 Å². The van der Waals surface area contributed by atoms with Crippen molar-refractivity contribution in [1.82, 2.24) is 0 Å². The van der Waals surface area contributed by atoms with E-state index >= 15 is 0 Å². The van der Waals surface area contributed by atoms with Crippen LogP contribution in [-0.2, 0) is 4.74 Å². The van der Waals surface area contributed by atoms with Crippen LogP contribution in [0.15, 0.2) is 18.2 Å². The molecule has 0 radical (unpaired) electrons. The van der Waals surface area contributed by atoms with Crippen LogP contribution in [0.2, 0.25) is 0 Å². The minimum atomic E-state index is -1.49. The molecule has 2 rings (SSSR count). The van der Waals surface area contributed by atoms with Crippen molar-refractivity contribution in [1.29, 1.82) is 5.41 Å². The van der Waals surface area contributed by atoms with Gasteiger partial charge >= 0.3 is 7.12 Å². The predicted molar refractivity (Wildman–Crippen MR) is 71.6 cm³/mol. The zero-order chi connectivity index (χ0) is 13.1. The van der Waals surface area contributed by atoms with E-state index in [9.17, 15) is 10.0 Å². The number of nitrogens with zero attached hydrogens (tertiary/aromatic N) is 1. The Hall–Kier alpha value is -1.53. The van der Waals surface area contributed by atoms with Crippen LogP contribution >= 0.6 is 0 Å². The Labute approximate surface area is 107 Å². The summed E-state index contributed by atoms with van der Waals surface area (Å²) in [4.78, 5) is 2.11. The summed E-state index contributed by atoms with van der Waals surface area (Å²) in [5.74, 6) is 0.0782. The van der Waals surface area contributed by atoms with Crippen molar-refractivity contribution in [2.45, 2.75) is 12.8 Å². The van der Waals surface area contributed by atoms with Crippen molar-refractivity contribution >= 4 is 24.2 Å². The Balaban J connectivity index is 2.40. The third kappa shape index (κ3) is 2.49. The molecule has 5 nitrogen and oxygen atoms in total. The van der Waals surface area contributed by atoms with Crippen molar-refractivity contribution < 1.29 is 14.8 Å². The van der Waals surface area contributed by atoms with Gasteiger partial charge in [0.1, 0.15) is 0 Å². The molecule has 1 heterocycles. The first-order valence-electron chi connectivity index (χ1n) is 6.01. The Kier molecular flexibility index (Phi) is 3.89. The highest BCUT2D eigenvalue weighted by Gasteiger charge is 2.23. The number of nitrogens with one attached hydrogen (secondary N) is 1. The molecule has 0 atom stereocenters. The molecule has 1 aliphatic heterocycles. The summed E-state index contributed by atoms with van der Waals surface area (Å²) in [6.07, 6.45) is 2.21. The van der Waals surface area contributed by atoms with E-state index in [1.807, 2.05) is 0 Å². The summed E-state index contributed by atoms with van der Waals surface area (Å²) < 4.78 is 4.89. The average Bonchev–Trinajstić information content (AvgIpc) is 2.90. The van der Waals surface area contributed by atoms with E-state index in [-0.39, 0.29) is 5.90 Å². The molecule has 0 unspecified atom stereocenters. The van der Waals surface area contributed by atoms with Crippen LogP contribution in [0.3, 0.4) is 0 Å². The van der Waals surface area contributed by atoms with Gasteiger partial charge < -0.3 is 19.7 Å². The first-order valence-corrected chi connectivity index (χ1v) is 6.01. The van der Waals surface area contributed by atoms with Crippen molar-refractivity contribution in [3.8, 4) is 0 Å². The Morgan fingerprint density at radius 3 is 2.56 bits per heavy atom. The van der Waals surface area contributed by atoms with Gasteiger partial charge in [-0.25, -0.2) is 0 Å². The molecule has 18 heavy (non-hydrogen) atoms. The smallest absolute Gasteiger partial charge is 0.481 e. The lowest BCUT2D eigenvalue weighted by molar-refractivity contribution is 0.401. The number of benzene rings is 1. The van der Waals surface area contributed by atoms with E-state index in [2.05, 4.69) is 4.90 Å². The molecular formula is C12H17BN2O3. The van der Waals surface area contributed by atoms with Gasteiger partial charge in [0, 0.05) is 29.8 Å². The second kappa shape index (κ2) is 5.41. The molecule has 0 bridgehead atoms. The van der Waals surface area contributed by atoms with E-state index in [1.165, 1.54) is 7.11 Å². The third-order valence-corrected chi connectivity index (χ3v) is 3.22. The molecule has 96 valence electrons. The SMILES string of the molecule is COC(=N)c1ccc(B(O)O)c(N2CCCC2)c1. The highest BCUT2D eigenvalue weighted by atomic mass is 16.5. The molecule has 0 aromatic heterocycles. The summed E-state index contributed by atoms with van der Waals surface area (Å²) >= 11 is 0. The summed E-state index contributed by atoms with van der Waals surface area (Å²) in [7, 11) is -0.0430. The lowest BCUT2D eigenvalue weighted by Crippen LogP contribution is -2.36. The van der Waals surface area contributed by atoms with Crippen LogP contribution in [-0.4, -0.2) is 43.3 Å². The Bertz CT molecular complexity index is 445. The molecule has 0 saturated carbocycles. The summed E-state index contributed by atoms with van der Waals surface area (Å²) in [6, 6.07) is 5.09. The van der Waals surface area contributed by atoms with E-state index in [0.29, 0.717) is 11.0 Å². The predicted octanol–water partition coefficient (Wildman–Crippen LogP) is -0.0616. The van der Waals surface area contributed by atoms with Gasteiger partial charge in [0.2, 0.25) is 5.90 Å². The van der Waals surface area contributed by atoms with Crippen LogP contribution in [0.25, 0.3) is 0 Å². The third-order valence-electron chi connectivity index (χ3n) is 3.22. The lowest BCUT2D eigenvalue weighted by Gasteiger charge is -2.22. The molecule has 1 aromatic rings. The maximum absolute atomic E-state index is 9.40. The molecule has 1 saturated heterocycles. The largest absolute Gasteiger partial charge is 0.490 e. The fraction of sp³-hybridized carbons (Fsp3) is 0.417. The second-order valence-electron chi connectivity index (χ2n) is 4.37. The molecule has 6 heteroatoms. The standard InChI is InChI=1S/C12H17BN2O3/c1-18-12(14)9-4-5-10(13(16)17)11(8-9)15-6-2-3-7-15/h4-5,8,14,16-17H,2-3,6-7H2,1H3. The van der Waals surface area contributed by atoms with Gasteiger partial charge in [0.05, 0.1) is 7.11 Å². The average molecular weight is 248 g/mol. The number of methoxy groups -OCH3 is 1. The Morgan fingerprint density at radius 2 is 2.00 bits per heavy atom. The highest BCUT2D eigenvalue weighted by Crippen LogP contribution is 2.20. The van der Waals surface area contributed by atoms with E-state index in [1.54, 1.807) is 18.2 Å². The number of rotatable bonds is 3. The first-order chi connectivity index (χ1) is 8.63. The molecule has 1 fully saturated rings. The molecule has 0 spiro atoms.